The van der Waals surface area contributed by atoms with Crippen LogP contribution in [0.1, 0.15) is 37.4 Å². The summed E-state index contributed by atoms with van der Waals surface area (Å²) in [5, 5.41) is 20.7. The summed E-state index contributed by atoms with van der Waals surface area (Å²) in [7, 11) is 2.10. The molecule has 1 amide bonds. The van der Waals surface area contributed by atoms with Gasteiger partial charge in [-0.2, -0.15) is 15.2 Å². The molecule has 3 aliphatic heterocycles. The zero-order valence-electron chi connectivity index (χ0n) is 24.4. The lowest BCUT2D eigenvalue weighted by molar-refractivity contribution is 0.107. The van der Waals surface area contributed by atoms with Crippen LogP contribution in [-0.2, 0) is 13.0 Å². The van der Waals surface area contributed by atoms with Gasteiger partial charge in [-0.3, -0.25) is 4.90 Å². The topological polar surface area (TPSA) is 109 Å². The van der Waals surface area contributed by atoms with Crippen LogP contribution in [0.25, 0.3) is 10.8 Å². The molecule has 12 heteroatoms. The van der Waals surface area contributed by atoms with E-state index in [9.17, 15) is 19.6 Å². The van der Waals surface area contributed by atoms with Crippen molar-refractivity contribution in [2.45, 2.75) is 50.7 Å². The van der Waals surface area contributed by atoms with Crippen LogP contribution in [0.4, 0.5) is 20.7 Å². The van der Waals surface area contributed by atoms with Gasteiger partial charge in [-0.1, -0.05) is 29.8 Å². The highest BCUT2D eigenvalue weighted by atomic mass is 35.5. The zero-order valence-corrected chi connectivity index (χ0v) is 25.1. The number of likely N-dealkylation sites (N-methyl/N-ethyl adjacent to an activating group) is 1. The molecule has 3 aliphatic rings. The number of carbonyl (C=O) groups is 1. The van der Waals surface area contributed by atoms with Crippen LogP contribution in [0, 0.1) is 17.1 Å². The molecular formula is C31H35ClFN7O3. The Hall–Kier alpha value is -3.88. The van der Waals surface area contributed by atoms with Crippen molar-refractivity contribution >= 4 is 40.0 Å². The van der Waals surface area contributed by atoms with Gasteiger partial charge in [-0.05, 0) is 57.3 Å². The summed E-state index contributed by atoms with van der Waals surface area (Å²) >= 11 is 6.48. The summed E-state index contributed by atoms with van der Waals surface area (Å²) in [4.78, 5) is 29.5. The van der Waals surface area contributed by atoms with Gasteiger partial charge in [0.15, 0.2) is 0 Å². The molecule has 10 nitrogen and oxygen atoms in total. The maximum Gasteiger partial charge on any atom is 0.407 e. The van der Waals surface area contributed by atoms with E-state index in [4.69, 9.17) is 26.3 Å². The quantitative estimate of drug-likeness (QED) is 0.417. The van der Waals surface area contributed by atoms with Crippen LogP contribution in [0.3, 0.4) is 0 Å². The van der Waals surface area contributed by atoms with Gasteiger partial charge < -0.3 is 24.5 Å². The Kier molecular flexibility index (Phi) is 7.92. The van der Waals surface area contributed by atoms with E-state index in [2.05, 4.69) is 34.7 Å². The molecule has 4 heterocycles. The first kappa shape index (κ1) is 29.2. The Morgan fingerprint density at radius 3 is 2.79 bits per heavy atom. The minimum atomic E-state index is -1.02. The molecule has 2 fully saturated rings. The van der Waals surface area contributed by atoms with Gasteiger partial charge in [0.1, 0.15) is 18.2 Å². The lowest BCUT2D eigenvalue weighted by Crippen LogP contribution is -2.55. The number of hydrogen-bond donors (Lipinski definition) is 1. The summed E-state index contributed by atoms with van der Waals surface area (Å²) in [5.41, 5.74) is 2.49. The Balaban J connectivity index is 1.36. The molecule has 2 aromatic carbocycles. The highest BCUT2D eigenvalue weighted by Crippen LogP contribution is 2.38. The minimum absolute atomic E-state index is 0.0936. The Morgan fingerprint density at radius 2 is 2.05 bits per heavy atom. The Bertz CT molecular complexity index is 1600. The van der Waals surface area contributed by atoms with Crippen LogP contribution in [-0.4, -0.2) is 88.9 Å². The number of likely N-dealkylation sites (tertiary alicyclic amines) is 1. The van der Waals surface area contributed by atoms with E-state index >= 15 is 0 Å². The van der Waals surface area contributed by atoms with Crippen molar-refractivity contribution in [2.24, 2.45) is 0 Å². The molecule has 1 unspecified atom stereocenters. The normalized spacial score (nSPS) is 22.5. The number of nitrogens with zero attached hydrogens (tertiary/aromatic N) is 7. The number of fused-ring (bicyclic) bond motifs is 2. The highest BCUT2D eigenvalue weighted by Gasteiger charge is 2.37. The molecular weight excluding hydrogens is 573 g/mol. The fourth-order valence-electron chi connectivity index (χ4n) is 6.61. The molecule has 6 rings (SSSR count). The first-order valence-corrected chi connectivity index (χ1v) is 15.0. The van der Waals surface area contributed by atoms with Gasteiger partial charge in [0, 0.05) is 42.8 Å². The third kappa shape index (κ3) is 5.50. The molecule has 43 heavy (non-hydrogen) atoms. The van der Waals surface area contributed by atoms with E-state index in [1.807, 2.05) is 18.2 Å². The number of halogens is 2. The molecule has 2 atom stereocenters. The fraction of sp³-hybridized carbons (Fsp3) is 0.484. The molecule has 3 aromatic rings. The SMILES string of the molecule is CN1CCCC1(C)COc1nc2c(c(N3CCN(C(=O)O)[C@@H](CC#N)C3)n1)CCN(c1cccc3ccc(F)c(Cl)c13)C2. The van der Waals surface area contributed by atoms with Crippen LogP contribution in [0.5, 0.6) is 6.01 Å². The number of benzene rings is 2. The molecule has 0 saturated carbocycles. The maximum absolute atomic E-state index is 14.5. The van der Waals surface area contributed by atoms with Crippen molar-refractivity contribution < 1.29 is 19.0 Å². The first-order chi connectivity index (χ1) is 20.7. The van der Waals surface area contributed by atoms with Gasteiger partial charge in [-0.15, -0.1) is 0 Å². The highest BCUT2D eigenvalue weighted by molar-refractivity contribution is 6.36. The van der Waals surface area contributed by atoms with Gasteiger partial charge in [0.2, 0.25) is 0 Å². The largest absolute Gasteiger partial charge is 0.465 e. The van der Waals surface area contributed by atoms with Gasteiger partial charge in [0.25, 0.3) is 0 Å². The number of hydrogen-bond acceptors (Lipinski definition) is 8. The van der Waals surface area contributed by atoms with Crippen LogP contribution < -0.4 is 14.5 Å². The Morgan fingerprint density at radius 1 is 1.21 bits per heavy atom. The van der Waals surface area contributed by atoms with E-state index in [0.717, 1.165) is 47.5 Å². The van der Waals surface area contributed by atoms with Crippen molar-refractivity contribution in [2.75, 3.05) is 56.2 Å². The average molecular weight is 608 g/mol. The standard InChI is InChI=1S/C31H35ClFN7O3/c1-31(11-4-13-37(31)2)19-43-29-35-24-18-38(25-6-3-5-20-7-8-23(33)27(32)26(20)25)14-10-22(24)28(36-29)39-15-16-40(30(41)42)21(17-39)9-12-34/h3,5-8,21H,4,9-11,13-19H2,1-2H3,(H,41,42)/t21-,31?/m0/s1. The Labute approximate surface area is 255 Å². The summed E-state index contributed by atoms with van der Waals surface area (Å²) in [5.74, 6) is 0.261. The van der Waals surface area contributed by atoms with Crippen molar-refractivity contribution in [3.63, 3.8) is 0 Å². The maximum atomic E-state index is 14.5. The van der Waals surface area contributed by atoms with Crippen LogP contribution in [0.2, 0.25) is 5.02 Å². The number of carboxylic acid groups (broad SMARTS) is 1. The van der Waals surface area contributed by atoms with Crippen molar-refractivity contribution in [3.05, 3.63) is 52.4 Å². The number of amides is 1. The van der Waals surface area contributed by atoms with E-state index in [1.165, 1.54) is 11.0 Å². The van der Waals surface area contributed by atoms with Crippen molar-refractivity contribution in [1.29, 1.82) is 5.26 Å². The fourth-order valence-corrected chi connectivity index (χ4v) is 6.88. The molecule has 0 bridgehead atoms. The average Bonchev–Trinajstić information content (AvgIpc) is 3.34. The molecule has 226 valence electrons. The molecule has 2 saturated heterocycles. The third-order valence-electron chi connectivity index (χ3n) is 9.27. The van der Waals surface area contributed by atoms with Crippen LogP contribution in [0.15, 0.2) is 30.3 Å². The van der Waals surface area contributed by atoms with Gasteiger partial charge in [-0.25, -0.2) is 9.18 Å². The molecule has 0 spiro atoms. The van der Waals surface area contributed by atoms with E-state index in [0.29, 0.717) is 44.6 Å². The molecule has 1 N–H and O–H groups in total. The lowest BCUT2D eigenvalue weighted by Gasteiger charge is -2.41. The number of anilines is 2. The van der Waals surface area contributed by atoms with Crippen molar-refractivity contribution in [3.8, 4) is 12.1 Å². The lowest BCUT2D eigenvalue weighted by atomic mass is 10.0. The second kappa shape index (κ2) is 11.7. The monoisotopic (exact) mass is 607 g/mol. The first-order valence-electron chi connectivity index (χ1n) is 14.7. The second-order valence-corrected chi connectivity index (χ2v) is 12.3. The summed E-state index contributed by atoms with van der Waals surface area (Å²) < 4.78 is 20.8. The van der Waals surface area contributed by atoms with Gasteiger partial charge >= 0.3 is 12.1 Å². The second-order valence-electron chi connectivity index (χ2n) is 11.9. The molecule has 0 radical (unpaired) electrons. The van der Waals surface area contributed by atoms with E-state index in [1.54, 1.807) is 6.07 Å². The minimum Gasteiger partial charge on any atom is -0.465 e. The molecule has 0 aliphatic carbocycles. The summed E-state index contributed by atoms with van der Waals surface area (Å²) in [6, 6.07) is 10.9. The molecule has 1 aromatic heterocycles. The zero-order chi connectivity index (χ0) is 30.3. The smallest absolute Gasteiger partial charge is 0.407 e. The predicted octanol–water partition coefficient (Wildman–Crippen LogP) is 4.93. The van der Waals surface area contributed by atoms with Gasteiger partial charge in [0.05, 0.1) is 41.3 Å². The van der Waals surface area contributed by atoms with E-state index in [-0.39, 0.29) is 29.5 Å². The predicted molar refractivity (Wildman–Crippen MR) is 162 cm³/mol. The third-order valence-corrected chi connectivity index (χ3v) is 9.64. The van der Waals surface area contributed by atoms with Crippen molar-refractivity contribution in [1.82, 2.24) is 19.8 Å². The number of ether oxygens (including phenoxy) is 1. The number of rotatable bonds is 6. The number of piperazine rings is 1. The number of nitriles is 1. The van der Waals surface area contributed by atoms with Crippen LogP contribution >= 0.6 is 11.6 Å². The summed E-state index contributed by atoms with van der Waals surface area (Å²) in [6.45, 7) is 5.77. The van der Waals surface area contributed by atoms with E-state index < -0.39 is 18.0 Å². The number of aromatic nitrogens is 2. The summed E-state index contributed by atoms with van der Waals surface area (Å²) in [6.07, 6.45) is 1.81.